The average Bonchev–Trinajstić information content (AvgIpc) is 3.12. The molecule has 0 fully saturated rings. The number of fused-ring (bicyclic) bond motifs is 2. The molecule has 38 heavy (non-hydrogen) atoms. The van der Waals surface area contributed by atoms with Crippen molar-refractivity contribution < 1.29 is 28.6 Å². The molecule has 0 N–H and O–H groups in total. The summed E-state index contributed by atoms with van der Waals surface area (Å²) >= 11 is 6.54. The van der Waals surface area contributed by atoms with Gasteiger partial charge in [0.05, 0.1) is 47.1 Å². The number of halogens is 1. The van der Waals surface area contributed by atoms with E-state index in [4.69, 9.17) is 25.8 Å². The van der Waals surface area contributed by atoms with Crippen molar-refractivity contribution in [3.63, 3.8) is 0 Å². The number of carbonyl (C=O) groups excluding carboxylic acids is 3. The van der Waals surface area contributed by atoms with Crippen LogP contribution in [0.4, 0.5) is 5.69 Å². The Hall–Kier alpha value is -3.58. The second-order valence-electron chi connectivity index (χ2n) is 9.00. The van der Waals surface area contributed by atoms with Gasteiger partial charge in [-0.15, -0.1) is 0 Å². The number of ether oxygens (including phenoxy) is 3. The molecule has 7 nitrogen and oxygen atoms in total. The Kier molecular flexibility index (Phi) is 9.39. The van der Waals surface area contributed by atoms with E-state index in [9.17, 15) is 14.4 Å². The minimum absolute atomic E-state index is 0.0279. The van der Waals surface area contributed by atoms with Gasteiger partial charge in [-0.25, -0.2) is 4.90 Å². The number of anilines is 1. The largest absolute Gasteiger partial charge is 0.489 e. The molecule has 0 atom stereocenters. The fraction of sp³-hybridized carbons (Fsp3) is 0.367. The van der Waals surface area contributed by atoms with Gasteiger partial charge in [0, 0.05) is 10.8 Å². The molecule has 202 valence electrons. The fourth-order valence-electron chi connectivity index (χ4n) is 4.25. The minimum Gasteiger partial charge on any atom is -0.489 e. The molecule has 0 aromatic heterocycles. The molecule has 0 saturated carbocycles. The lowest BCUT2D eigenvalue weighted by molar-refractivity contribution is -0.142. The summed E-state index contributed by atoms with van der Waals surface area (Å²) in [5, 5.41) is 1.52. The third kappa shape index (κ3) is 5.63. The van der Waals surface area contributed by atoms with Gasteiger partial charge in [-0.3, -0.25) is 14.4 Å². The summed E-state index contributed by atoms with van der Waals surface area (Å²) in [5.74, 6) is -0.819. The van der Waals surface area contributed by atoms with Crippen LogP contribution in [-0.4, -0.2) is 36.6 Å². The number of hydrogen-bond donors (Lipinski definition) is 0. The molecule has 0 radical (unpaired) electrons. The zero-order valence-electron chi connectivity index (χ0n) is 22.9. The predicted molar refractivity (Wildman–Crippen MR) is 150 cm³/mol. The standard InChI is InChI=1S/C28H28ClNO6.C2H6/c1-6-34-22(31)14-17-11-12-21(20(29)13-17)30-27(32)23-24(28(30)33)26(36-16(4)5)19-10-8-7-9-18(19)25(23)35-15(2)3;1-2/h7-13,15-16H,6,14H2,1-5H3;1-2H3. The zero-order valence-corrected chi connectivity index (χ0v) is 23.6. The van der Waals surface area contributed by atoms with Crippen molar-refractivity contribution in [2.75, 3.05) is 11.5 Å². The van der Waals surface area contributed by atoms with Crippen LogP contribution < -0.4 is 14.4 Å². The van der Waals surface area contributed by atoms with Crippen molar-refractivity contribution in [1.82, 2.24) is 0 Å². The zero-order chi connectivity index (χ0) is 28.1. The topological polar surface area (TPSA) is 82.1 Å². The second-order valence-corrected chi connectivity index (χ2v) is 9.41. The molecular formula is C30H34ClNO6. The third-order valence-corrected chi connectivity index (χ3v) is 5.87. The molecule has 1 aliphatic heterocycles. The van der Waals surface area contributed by atoms with E-state index < -0.39 is 11.8 Å². The highest BCUT2D eigenvalue weighted by Crippen LogP contribution is 2.47. The van der Waals surface area contributed by atoms with Crippen LogP contribution in [0.3, 0.4) is 0 Å². The molecule has 1 aliphatic rings. The van der Waals surface area contributed by atoms with Crippen LogP contribution >= 0.6 is 11.6 Å². The van der Waals surface area contributed by atoms with Crippen LogP contribution in [0.5, 0.6) is 11.5 Å². The number of benzene rings is 3. The smallest absolute Gasteiger partial charge is 0.310 e. The second kappa shape index (κ2) is 12.3. The quantitative estimate of drug-likeness (QED) is 0.226. The molecule has 4 rings (SSSR count). The molecule has 8 heteroatoms. The van der Waals surface area contributed by atoms with Crippen LogP contribution in [-0.2, 0) is 16.0 Å². The van der Waals surface area contributed by atoms with Crippen LogP contribution in [0.1, 0.15) is 74.7 Å². The van der Waals surface area contributed by atoms with Gasteiger partial charge in [-0.1, -0.05) is 55.8 Å². The highest BCUT2D eigenvalue weighted by atomic mass is 35.5. The van der Waals surface area contributed by atoms with Crippen LogP contribution in [0, 0.1) is 0 Å². The molecule has 3 aromatic carbocycles. The van der Waals surface area contributed by atoms with Gasteiger partial charge in [-0.2, -0.15) is 0 Å². The van der Waals surface area contributed by atoms with Gasteiger partial charge in [0.15, 0.2) is 0 Å². The first-order valence-electron chi connectivity index (χ1n) is 12.9. The third-order valence-electron chi connectivity index (χ3n) is 5.57. The molecule has 0 bridgehead atoms. The SMILES string of the molecule is CC.CCOC(=O)Cc1ccc(N2C(=O)c3c(c(OC(C)C)c4ccccc4c3OC(C)C)C2=O)c(Cl)c1. The van der Waals surface area contributed by atoms with Crippen molar-refractivity contribution in [3.8, 4) is 11.5 Å². The molecule has 0 saturated heterocycles. The number of hydrogen-bond acceptors (Lipinski definition) is 6. The first-order chi connectivity index (χ1) is 18.1. The number of esters is 1. The van der Waals surface area contributed by atoms with Crippen molar-refractivity contribution >= 4 is 45.8 Å². The van der Waals surface area contributed by atoms with Crippen LogP contribution in [0.25, 0.3) is 10.8 Å². The number of nitrogens with zero attached hydrogens (tertiary/aromatic N) is 1. The normalized spacial score (nSPS) is 12.5. The summed E-state index contributed by atoms with van der Waals surface area (Å²) in [7, 11) is 0. The lowest BCUT2D eigenvalue weighted by Crippen LogP contribution is -2.30. The molecule has 3 aromatic rings. The van der Waals surface area contributed by atoms with E-state index in [1.807, 2.05) is 65.8 Å². The van der Waals surface area contributed by atoms with Crippen LogP contribution in [0.2, 0.25) is 5.02 Å². The number of amides is 2. The van der Waals surface area contributed by atoms with E-state index in [1.165, 1.54) is 0 Å². The molecular weight excluding hydrogens is 506 g/mol. The van der Waals surface area contributed by atoms with Crippen molar-refractivity contribution in [3.05, 3.63) is 64.2 Å². The Balaban J connectivity index is 0.00000195. The van der Waals surface area contributed by atoms with E-state index in [-0.39, 0.29) is 53.0 Å². The lowest BCUT2D eigenvalue weighted by atomic mass is 9.98. The molecule has 1 heterocycles. The maximum Gasteiger partial charge on any atom is 0.310 e. The highest BCUT2D eigenvalue weighted by molar-refractivity contribution is 6.41. The van der Waals surface area contributed by atoms with Gasteiger partial charge < -0.3 is 14.2 Å². The Morgan fingerprint density at radius 3 is 1.79 bits per heavy atom. The Labute approximate surface area is 228 Å². The number of rotatable bonds is 8. The molecule has 0 unspecified atom stereocenters. The van der Waals surface area contributed by atoms with Gasteiger partial charge in [0.2, 0.25) is 0 Å². The molecule has 2 amide bonds. The summed E-state index contributed by atoms with van der Waals surface area (Å²) in [4.78, 5) is 40.6. The van der Waals surface area contributed by atoms with Crippen LogP contribution in [0.15, 0.2) is 42.5 Å². The maximum atomic E-state index is 13.8. The first-order valence-corrected chi connectivity index (χ1v) is 13.3. The Morgan fingerprint density at radius 2 is 1.37 bits per heavy atom. The van der Waals surface area contributed by atoms with Gasteiger partial charge in [0.25, 0.3) is 11.8 Å². The lowest BCUT2D eigenvalue weighted by Gasteiger charge is -2.20. The summed E-state index contributed by atoms with van der Waals surface area (Å²) in [6.45, 7) is 13.4. The Bertz CT molecular complexity index is 1300. The fourth-order valence-corrected chi connectivity index (χ4v) is 4.54. The average molecular weight is 540 g/mol. The first kappa shape index (κ1) is 29.0. The van der Waals surface area contributed by atoms with Crippen molar-refractivity contribution in [2.24, 2.45) is 0 Å². The van der Waals surface area contributed by atoms with Gasteiger partial charge in [0.1, 0.15) is 11.5 Å². The van der Waals surface area contributed by atoms with Gasteiger partial charge in [-0.05, 0) is 52.3 Å². The van der Waals surface area contributed by atoms with E-state index in [0.717, 1.165) is 4.90 Å². The maximum absolute atomic E-state index is 13.8. The summed E-state index contributed by atoms with van der Waals surface area (Å²) in [6.07, 6.45) is -0.450. The molecule has 0 spiro atoms. The summed E-state index contributed by atoms with van der Waals surface area (Å²) < 4.78 is 17.2. The van der Waals surface area contributed by atoms with E-state index >= 15 is 0 Å². The monoisotopic (exact) mass is 539 g/mol. The Morgan fingerprint density at radius 1 is 0.868 bits per heavy atom. The minimum atomic E-state index is -0.551. The van der Waals surface area contributed by atoms with E-state index in [2.05, 4.69) is 0 Å². The van der Waals surface area contributed by atoms with E-state index in [0.29, 0.717) is 27.8 Å². The van der Waals surface area contributed by atoms with Gasteiger partial charge >= 0.3 is 5.97 Å². The number of carbonyl (C=O) groups is 3. The van der Waals surface area contributed by atoms with Crippen molar-refractivity contribution in [1.29, 1.82) is 0 Å². The summed E-state index contributed by atoms with van der Waals surface area (Å²) in [6, 6.07) is 12.2. The summed E-state index contributed by atoms with van der Waals surface area (Å²) in [5.41, 5.74) is 1.12. The number of imide groups is 1. The van der Waals surface area contributed by atoms with E-state index in [1.54, 1.807) is 25.1 Å². The molecule has 0 aliphatic carbocycles. The predicted octanol–water partition coefficient (Wildman–Crippen LogP) is 7.00. The van der Waals surface area contributed by atoms with Crippen molar-refractivity contribution in [2.45, 2.75) is 67.1 Å². The highest BCUT2D eigenvalue weighted by Gasteiger charge is 2.44.